The molecule has 0 saturated carbocycles. The minimum Gasteiger partial charge on any atom is -0.411 e. The van der Waals surface area contributed by atoms with E-state index in [-0.39, 0.29) is 35.4 Å². The van der Waals surface area contributed by atoms with Gasteiger partial charge in [0, 0.05) is 47.5 Å². The van der Waals surface area contributed by atoms with E-state index >= 15 is 0 Å². The second-order valence-corrected chi connectivity index (χ2v) is 11.5. The number of carbonyl (C=O) groups is 1. The van der Waals surface area contributed by atoms with Gasteiger partial charge in [0.2, 0.25) is 0 Å². The Morgan fingerprint density at radius 3 is 2.41 bits per heavy atom. The van der Waals surface area contributed by atoms with Crippen molar-refractivity contribution in [3.05, 3.63) is 100 Å². The fourth-order valence-corrected chi connectivity index (χ4v) is 5.99. The Balaban J connectivity index is 1.59. The van der Waals surface area contributed by atoms with Crippen LogP contribution in [-0.2, 0) is 9.84 Å². The van der Waals surface area contributed by atoms with Crippen LogP contribution in [0.25, 0.3) is 0 Å². The molecule has 10 heteroatoms. The minimum atomic E-state index is -3.04. The van der Waals surface area contributed by atoms with Crippen molar-refractivity contribution in [3.8, 4) is 0 Å². The normalized spacial score (nSPS) is 16.8. The Labute approximate surface area is 214 Å². The highest BCUT2D eigenvalue weighted by Crippen LogP contribution is 2.32. The number of carbonyl (C=O) groups excluding carboxylic acids is 1. The lowest BCUT2D eigenvalue weighted by Gasteiger charge is -2.23. The SMILES string of the molecule is Cc1cc(/C(CC(c2ccc(C(=O)NC3CCS(=O)(=O)CC3)cc2)c2ccc(F)cc2F)=N/O)ccn1. The van der Waals surface area contributed by atoms with E-state index in [2.05, 4.69) is 15.5 Å². The number of rotatable bonds is 7. The summed E-state index contributed by atoms with van der Waals surface area (Å²) in [6.45, 7) is 1.80. The maximum atomic E-state index is 14.9. The van der Waals surface area contributed by atoms with Gasteiger partial charge in [-0.3, -0.25) is 9.78 Å². The number of oxime groups is 1. The maximum Gasteiger partial charge on any atom is 0.251 e. The number of sulfone groups is 1. The molecule has 0 radical (unpaired) electrons. The van der Waals surface area contributed by atoms with Crippen LogP contribution in [0.15, 0.2) is 65.9 Å². The lowest BCUT2D eigenvalue weighted by Crippen LogP contribution is -2.40. The first-order chi connectivity index (χ1) is 17.6. The van der Waals surface area contributed by atoms with Gasteiger partial charge in [-0.2, -0.15) is 0 Å². The second kappa shape index (κ2) is 11.2. The standard InChI is InChI=1S/C27H27F2N3O4S/c1-17-14-20(8-11-30-17)26(32-34)16-24(23-7-6-21(28)15-25(23)29)18-2-4-19(5-3-18)27(33)31-22-9-12-37(35,36)13-10-22/h2-8,11,14-15,22,24,34H,9-10,12-13,16H2,1H3,(H,31,33)/b32-26+. The Hall–Kier alpha value is -3.66. The molecule has 7 nitrogen and oxygen atoms in total. The number of halogens is 2. The van der Waals surface area contributed by atoms with Crippen molar-refractivity contribution in [2.45, 2.75) is 38.1 Å². The molecule has 1 unspecified atom stereocenters. The van der Waals surface area contributed by atoms with Crippen molar-refractivity contribution < 1.29 is 27.2 Å². The molecule has 2 N–H and O–H groups in total. The highest BCUT2D eigenvalue weighted by atomic mass is 32.2. The molecule has 1 aromatic heterocycles. The van der Waals surface area contributed by atoms with Gasteiger partial charge in [0.15, 0.2) is 0 Å². The van der Waals surface area contributed by atoms with Crippen molar-refractivity contribution in [1.29, 1.82) is 0 Å². The summed E-state index contributed by atoms with van der Waals surface area (Å²) < 4.78 is 51.8. The van der Waals surface area contributed by atoms with Gasteiger partial charge in [-0.15, -0.1) is 0 Å². The maximum absolute atomic E-state index is 14.9. The smallest absolute Gasteiger partial charge is 0.251 e. The summed E-state index contributed by atoms with van der Waals surface area (Å²) in [7, 11) is -3.04. The molecule has 0 aliphatic carbocycles. The van der Waals surface area contributed by atoms with Crippen LogP contribution in [0.4, 0.5) is 8.78 Å². The molecule has 0 bridgehead atoms. The van der Waals surface area contributed by atoms with Gasteiger partial charge < -0.3 is 10.5 Å². The van der Waals surface area contributed by atoms with E-state index in [0.717, 1.165) is 6.07 Å². The van der Waals surface area contributed by atoms with Crippen LogP contribution in [0.5, 0.6) is 0 Å². The number of pyridine rings is 1. The zero-order valence-electron chi connectivity index (χ0n) is 20.2. The van der Waals surface area contributed by atoms with E-state index in [4.69, 9.17) is 0 Å². The molecule has 3 aromatic rings. The molecular formula is C27H27F2N3O4S. The van der Waals surface area contributed by atoms with Gasteiger partial charge in [0.05, 0.1) is 17.2 Å². The summed E-state index contributed by atoms with van der Waals surface area (Å²) in [5.41, 5.74) is 2.86. The zero-order chi connectivity index (χ0) is 26.6. The summed E-state index contributed by atoms with van der Waals surface area (Å²) in [4.78, 5) is 16.9. The van der Waals surface area contributed by atoms with E-state index in [1.807, 2.05) is 0 Å². The predicted octanol–water partition coefficient (Wildman–Crippen LogP) is 4.38. The Kier molecular flexibility index (Phi) is 7.97. The second-order valence-electron chi connectivity index (χ2n) is 9.18. The Bertz CT molecular complexity index is 1410. The van der Waals surface area contributed by atoms with Gasteiger partial charge >= 0.3 is 0 Å². The molecule has 0 spiro atoms. The summed E-state index contributed by atoms with van der Waals surface area (Å²) in [6, 6.07) is 13.1. The van der Waals surface area contributed by atoms with Gasteiger partial charge in [-0.05, 0) is 61.2 Å². The summed E-state index contributed by atoms with van der Waals surface area (Å²) in [5, 5.41) is 16.1. The minimum absolute atomic E-state index is 0.0492. The highest BCUT2D eigenvalue weighted by Gasteiger charge is 2.26. The lowest BCUT2D eigenvalue weighted by atomic mass is 9.84. The number of hydrogen-bond donors (Lipinski definition) is 2. The Morgan fingerprint density at radius 2 is 1.78 bits per heavy atom. The van der Waals surface area contributed by atoms with Crippen molar-refractivity contribution in [3.63, 3.8) is 0 Å². The van der Waals surface area contributed by atoms with Crippen molar-refractivity contribution in [2.75, 3.05) is 11.5 Å². The molecule has 2 heterocycles. The van der Waals surface area contributed by atoms with Crippen LogP contribution < -0.4 is 5.32 Å². The first kappa shape index (κ1) is 26.4. The van der Waals surface area contributed by atoms with E-state index in [1.165, 1.54) is 12.1 Å². The van der Waals surface area contributed by atoms with E-state index < -0.39 is 27.4 Å². The number of aryl methyl sites for hydroxylation is 1. The van der Waals surface area contributed by atoms with Crippen LogP contribution in [0.1, 0.15) is 57.9 Å². The molecule has 1 atom stereocenters. The third-order valence-electron chi connectivity index (χ3n) is 6.55. The highest BCUT2D eigenvalue weighted by molar-refractivity contribution is 7.91. The molecule has 1 amide bonds. The fraction of sp³-hybridized carbons (Fsp3) is 0.296. The summed E-state index contributed by atoms with van der Waals surface area (Å²) in [5.74, 6) is -2.31. The van der Waals surface area contributed by atoms with Crippen LogP contribution in [-0.4, -0.2) is 47.8 Å². The lowest BCUT2D eigenvalue weighted by molar-refractivity contribution is 0.0934. The molecular weight excluding hydrogens is 500 g/mol. The molecule has 2 aromatic carbocycles. The number of aromatic nitrogens is 1. The molecule has 37 heavy (non-hydrogen) atoms. The first-order valence-corrected chi connectivity index (χ1v) is 13.7. The van der Waals surface area contributed by atoms with Gasteiger partial charge in [-0.1, -0.05) is 23.4 Å². The van der Waals surface area contributed by atoms with Crippen molar-refractivity contribution in [2.24, 2.45) is 5.16 Å². The molecule has 4 rings (SSSR count). The molecule has 1 aliphatic rings. The molecule has 1 aliphatic heterocycles. The third kappa shape index (κ3) is 6.56. The largest absolute Gasteiger partial charge is 0.411 e. The monoisotopic (exact) mass is 527 g/mol. The Morgan fingerprint density at radius 1 is 1.08 bits per heavy atom. The average molecular weight is 528 g/mol. The predicted molar refractivity (Wildman–Crippen MR) is 136 cm³/mol. The summed E-state index contributed by atoms with van der Waals surface area (Å²) >= 11 is 0. The van der Waals surface area contributed by atoms with E-state index in [9.17, 15) is 27.2 Å². The topological polar surface area (TPSA) is 109 Å². The molecule has 194 valence electrons. The van der Waals surface area contributed by atoms with E-state index in [1.54, 1.807) is 49.5 Å². The van der Waals surface area contributed by atoms with E-state index in [0.29, 0.717) is 40.9 Å². The van der Waals surface area contributed by atoms with Crippen LogP contribution in [0, 0.1) is 18.6 Å². The van der Waals surface area contributed by atoms with Gasteiger partial charge in [-0.25, -0.2) is 17.2 Å². The fourth-order valence-electron chi connectivity index (χ4n) is 4.50. The number of hydrogen-bond acceptors (Lipinski definition) is 6. The third-order valence-corrected chi connectivity index (χ3v) is 8.27. The molecule has 1 fully saturated rings. The number of amides is 1. The summed E-state index contributed by atoms with van der Waals surface area (Å²) in [6.07, 6.45) is 2.43. The van der Waals surface area contributed by atoms with Gasteiger partial charge in [0.1, 0.15) is 21.5 Å². The van der Waals surface area contributed by atoms with Crippen molar-refractivity contribution >= 4 is 21.5 Å². The average Bonchev–Trinajstić information content (AvgIpc) is 2.87. The first-order valence-electron chi connectivity index (χ1n) is 11.9. The van der Waals surface area contributed by atoms with Crippen molar-refractivity contribution in [1.82, 2.24) is 10.3 Å². The van der Waals surface area contributed by atoms with Crippen LogP contribution in [0.2, 0.25) is 0 Å². The number of benzene rings is 2. The van der Waals surface area contributed by atoms with Gasteiger partial charge in [0.25, 0.3) is 5.91 Å². The van der Waals surface area contributed by atoms with Crippen LogP contribution in [0.3, 0.4) is 0 Å². The molecule has 1 saturated heterocycles. The number of nitrogens with zero attached hydrogens (tertiary/aromatic N) is 2. The van der Waals surface area contributed by atoms with Crippen LogP contribution >= 0.6 is 0 Å². The number of nitrogens with one attached hydrogen (secondary N) is 1. The zero-order valence-corrected chi connectivity index (χ0v) is 21.0. The quantitative estimate of drug-likeness (QED) is 0.269.